The average molecular weight is 595 g/mol. The van der Waals surface area contributed by atoms with Crippen molar-refractivity contribution < 1.29 is 28.4 Å². The third-order valence-electron chi connectivity index (χ3n) is 7.97. The third-order valence-corrected chi connectivity index (χ3v) is 7.97. The number of amides is 1. The number of rotatable bonds is 11. The van der Waals surface area contributed by atoms with Crippen LogP contribution in [0.2, 0.25) is 0 Å². The number of furan rings is 1. The van der Waals surface area contributed by atoms with Gasteiger partial charge in [0, 0.05) is 11.8 Å². The van der Waals surface area contributed by atoms with E-state index in [0.29, 0.717) is 22.6 Å². The SMILES string of the molecule is CCOC(=O)CCC(O)(c1cc2cc(CC(=O)NC(c3ccccc3)c3ccc(C)cc3C)ccc2o1)c1c(C)noc1C. The summed E-state index contributed by atoms with van der Waals surface area (Å²) in [5.74, 6) is 0.149. The Morgan fingerprint density at radius 1 is 1.00 bits per heavy atom. The van der Waals surface area contributed by atoms with Crippen LogP contribution in [0.5, 0.6) is 0 Å². The van der Waals surface area contributed by atoms with Gasteiger partial charge in [0.2, 0.25) is 5.91 Å². The molecule has 8 heteroatoms. The second-order valence-corrected chi connectivity index (χ2v) is 11.3. The van der Waals surface area contributed by atoms with Gasteiger partial charge in [-0.25, -0.2) is 0 Å². The largest absolute Gasteiger partial charge is 0.466 e. The number of ether oxygens (including phenoxy) is 1. The van der Waals surface area contributed by atoms with Gasteiger partial charge in [0.15, 0.2) is 5.60 Å². The van der Waals surface area contributed by atoms with Crippen LogP contribution in [-0.2, 0) is 26.3 Å². The fourth-order valence-electron chi connectivity index (χ4n) is 5.90. The molecule has 44 heavy (non-hydrogen) atoms. The maximum Gasteiger partial charge on any atom is 0.305 e. The molecule has 5 rings (SSSR count). The Balaban J connectivity index is 1.42. The molecule has 0 spiro atoms. The van der Waals surface area contributed by atoms with E-state index in [0.717, 1.165) is 27.6 Å². The predicted molar refractivity (Wildman–Crippen MR) is 167 cm³/mol. The Hall–Kier alpha value is -4.69. The minimum atomic E-state index is -1.67. The van der Waals surface area contributed by atoms with Crippen LogP contribution in [0.15, 0.2) is 81.7 Å². The van der Waals surface area contributed by atoms with Crippen LogP contribution in [0, 0.1) is 27.7 Å². The van der Waals surface area contributed by atoms with Crippen molar-refractivity contribution in [2.45, 2.75) is 65.5 Å². The number of carbonyl (C=O) groups is 2. The molecule has 5 aromatic rings. The van der Waals surface area contributed by atoms with Crippen molar-refractivity contribution in [2.24, 2.45) is 0 Å². The summed E-state index contributed by atoms with van der Waals surface area (Å²) in [7, 11) is 0. The van der Waals surface area contributed by atoms with E-state index in [4.69, 9.17) is 13.7 Å². The van der Waals surface area contributed by atoms with E-state index >= 15 is 0 Å². The lowest BCUT2D eigenvalue weighted by atomic mass is 9.85. The molecule has 0 saturated heterocycles. The highest BCUT2D eigenvalue weighted by atomic mass is 16.5. The van der Waals surface area contributed by atoms with Gasteiger partial charge in [-0.2, -0.15) is 0 Å². The Morgan fingerprint density at radius 3 is 2.45 bits per heavy atom. The summed E-state index contributed by atoms with van der Waals surface area (Å²) in [6, 6.07) is 23.2. The van der Waals surface area contributed by atoms with Crippen LogP contribution in [0.25, 0.3) is 11.0 Å². The highest BCUT2D eigenvalue weighted by Gasteiger charge is 2.40. The summed E-state index contributed by atoms with van der Waals surface area (Å²) in [6.45, 7) is 9.55. The van der Waals surface area contributed by atoms with Gasteiger partial charge in [0.25, 0.3) is 0 Å². The topological polar surface area (TPSA) is 115 Å². The molecule has 0 fully saturated rings. The summed E-state index contributed by atoms with van der Waals surface area (Å²) in [5.41, 5.74) is 4.95. The summed E-state index contributed by atoms with van der Waals surface area (Å²) in [6.07, 6.45) is 0.144. The number of esters is 1. The van der Waals surface area contributed by atoms with Gasteiger partial charge in [0.05, 0.1) is 30.3 Å². The van der Waals surface area contributed by atoms with Crippen molar-refractivity contribution in [3.05, 3.63) is 123 Å². The smallest absolute Gasteiger partial charge is 0.305 e. The lowest BCUT2D eigenvalue weighted by molar-refractivity contribution is -0.144. The maximum absolute atomic E-state index is 13.4. The van der Waals surface area contributed by atoms with Crippen LogP contribution in [0.4, 0.5) is 0 Å². The van der Waals surface area contributed by atoms with E-state index in [1.54, 1.807) is 32.9 Å². The molecule has 0 radical (unpaired) electrons. The lowest BCUT2D eigenvalue weighted by Gasteiger charge is -2.25. The number of nitrogens with one attached hydrogen (secondary N) is 1. The fraction of sp³-hybridized carbons (Fsp3) is 0.306. The van der Waals surface area contributed by atoms with Crippen LogP contribution in [-0.4, -0.2) is 28.7 Å². The minimum Gasteiger partial charge on any atom is -0.466 e. The molecule has 228 valence electrons. The van der Waals surface area contributed by atoms with E-state index < -0.39 is 11.6 Å². The van der Waals surface area contributed by atoms with E-state index in [2.05, 4.69) is 42.5 Å². The molecule has 0 aliphatic carbocycles. The molecule has 8 nitrogen and oxygen atoms in total. The number of aliphatic hydroxyl groups is 1. The molecule has 2 heterocycles. The third kappa shape index (κ3) is 6.45. The van der Waals surface area contributed by atoms with Crippen LogP contribution in [0.1, 0.15) is 76.4 Å². The average Bonchev–Trinajstić information content (AvgIpc) is 3.58. The molecule has 2 N–H and O–H groups in total. The number of aryl methyl sites for hydroxylation is 4. The van der Waals surface area contributed by atoms with E-state index in [1.165, 1.54) is 5.56 Å². The van der Waals surface area contributed by atoms with Crippen LogP contribution < -0.4 is 5.32 Å². The quantitative estimate of drug-likeness (QED) is 0.164. The number of fused-ring (bicyclic) bond motifs is 1. The molecule has 0 aliphatic rings. The molecular weight excluding hydrogens is 556 g/mol. The molecule has 2 unspecified atom stereocenters. The molecule has 2 aromatic heterocycles. The Bertz CT molecular complexity index is 1770. The number of nitrogens with zero attached hydrogens (tertiary/aromatic N) is 1. The van der Waals surface area contributed by atoms with Gasteiger partial charge >= 0.3 is 5.97 Å². The number of aromatic nitrogens is 1. The van der Waals surface area contributed by atoms with Crippen molar-refractivity contribution in [3.63, 3.8) is 0 Å². The Kier molecular flexibility index (Phi) is 9.01. The number of benzene rings is 3. The van der Waals surface area contributed by atoms with Crippen molar-refractivity contribution in [2.75, 3.05) is 6.61 Å². The molecular formula is C36H38N2O6. The first-order valence-corrected chi connectivity index (χ1v) is 14.8. The lowest BCUT2D eigenvalue weighted by Crippen LogP contribution is -2.31. The van der Waals surface area contributed by atoms with Crippen molar-refractivity contribution in [1.82, 2.24) is 10.5 Å². The van der Waals surface area contributed by atoms with E-state index in [-0.39, 0.29) is 43.6 Å². The zero-order valence-corrected chi connectivity index (χ0v) is 25.8. The van der Waals surface area contributed by atoms with Crippen molar-refractivity contribution in [3.8, 4) is 0 Å². The predicted octanol–water partition coefficient (Wildman–Crippen LogP) is 6.68. The van der Waals surface area contributed by atoms with Gasteiger partial charge in [-0.3, -0.25) is 9.59 Å². The van der Waals surface area contributed by atoms with Gasteiger partial charge in [-0.1, -0.05) is 65.3 Å². The number of hydrogen-bond donors (Lipinski definition) is 2. The van der Waals surface area contributed by atoms with E-state index in [1.807, 2.05) is 42.5 Å². The monoisotopic (exact) mass is 594 g/mol. The van der Waals surface area contributed by atoms with Gasteiger partial charge in [-0.05, 0) is 81.5 Å². The maximum atomic E-state index is 13.4. The minimum absolute atomic E-state index is 0.0170. The van der Waals surface area contributed by atoms with Gasteiger partial charge < -0.3 is 24.1 Å². The highest BCUT2D eigenvalue weighted by Crippen LogP contribution is 2.40. The summed E-state index contributed by atoms with van der Waals surface area (Å²) in [4.78, 5) is 25.7. The molecule has 3 aromatic carbocycles. The molecule has 2 atom stereocenters. The first-order valence-electron chi connectivity index (χ1n) is 14.8. The van der Waals surface area contributed by atoms with Crippen LogP contribution >= 0.6 is 0 Å². The molecule has 0 aliphatic heterocycles. The molecule has 1 amide bonds. The number of carbonyl (C=O) groups excluding carboxylic acids is 2. The van der Waals surface area contributed by atoms with E-state index in [9.17, 15) is 14.7 Å². The van der Waals surface area contributed by atoms with Gasteiger partial charge in [0.1, 0.15) is 17.1 Å². The zero-order chi connectivity index (χ0) is 31.4. The second-order valence-electron chi connectivity index (χ2n) is 11.3. The molecule has 0 bridgehead atoms. The summed E-state index contributed by atoms with van der Waals surface area (Å²) < 4.78 is 16.6. The second kappa shape index (κ2) is 12.9. The number of hydrogen-bond acceptors (Lipinski definition) is 7. The standard InChI is InChI=1S/C36H38N2O6/c1-6-42-33(40)16-17-36(41,34-24(4)38-44-25(34)5)31-21-28-19-26(13-15-30(28)43-31)20-32(39)37-35(27-10-8-7-9-11-27)29-14-12-22(2)18-23(29)3/h7-15,18-19,21,35,41H,6,16-17,20H2,1-5H3,(H,37,39). The normalized spacial score (nSPS) is 13.4. The first kappa shape index (κ1) is 30.8. The van der Waals surface area contributed by atoms with Crippen molar-refractivity contribution in [1.29, 1.82) is 0 Å². The summed E-state index contributed by atoms with van der Waals surface area (Å²) >= 11 is 0. The first-order chi connectivity index (χ1) is 21.1. The zero-order valence-electron chi connectivity index (χ0n) is 25.8. The Morgan fingerprint density at radius 2 is 1.77 bits per heavy atom. The molecule has 0 saturated carbocycles. The summed E-state index contributed by atoms with van der Waals surface area (Å²) in [5, 5.41) is 20.0. The van der Waals surface area contributed by atoms with Gasteiger partial charge in [-0.15, -0.1) is 0 Å². The fourth-order valence-corrected chi connectivity index (χ4v) is 5.90. The van der Waals surface area contributed by atoms with Crippen molar-refractivity contribution >= 4 is 22.8 Å². The highest BCUT2D eigenvalue weighted by molar-refractivity contribution is 5.84. The Labute approximate surface area is 257 Å². The van der Waals surface area contributed by atoms with Crippen LogP contribution in [0.3, 0.4) is 0 Å².